The SMILES string of the molecule is COc1cc(CN2CCC(N(c3cccc(C)c3)S(=O)(=O)c3ccccc3)CC2)cc(OC)c1. The Kier molecular flexibility index (Phi) is 7.44. The highest BCUT2D eigenvalue weighted by molar-refractivity contribution is 7.92. The Morgan fingerprint density at radius 3 is 2.12 bits per heavy atom. The molecule has 3 aromatic carbocycles. The van der Waals surface area contributed by atoms with Gasteiger partial charge in [0.2, 0.25) is 0 Å². The zero-order chi connectivity index (χ0) is 24.1. The third kappa shape index (κ3) is 5.37. The zero-order valence-electron chi connectivity index (χ0n) is 20.0. The first-order valence-electron chi connectivity index (χ1n) is 11.5. The van der Waals surface area contributed by atoms with Gasteiger partial charge in [0.25, 0.3) is 10.0 Å². The number of benzene rings is 3. The van der Waals surface area contributed by atoms with Crippen LogP contribution in [0.15, 0.2) is 77.7 Å². The Hall–Kier alpha value is -3.03. The van der Waals surface area contributed by atoms with Crippen LogP contribution in [-0.4, -0.2) is 46.7 Å². The van der Waals surface area contributed by atoms with Crippen molar-refractivity contribution in [2.75, 3.05) is 31.6 Å². The number of methoxy groups -OCH3 is 2. The molecule has 4 rings (SSSR count). The van der Waals surface area contributed by atoms with Crippen LogP contribution in [0.3, 0.4) is 0 Å². The van der Waals surface area contributed by atoms with E-state index in [1.54, 1.807) is 42.8 Å². The van der Waals surface area contributed by atoms with E-state index in [-0.39, 0.29) is 6.04 Å². The van der Waals surface area contributed by atoms with Gasteiger partial charge in [-0.25, -0.2) is 8.42 Å². The lowest BCUT2D eigenvalue weighted by molar-refractivity contribution is 0.206. The topological polar surface area (TPSA) is 59.1 Å². The van der Waals surface area contributed by atoms with Gasteiger partial charge in [-0.2, -0.15) is 0 Å². The number of nitrogens with zero attached hydrogens (tertiary/aromatic N) is 2. The molecule has 0 atom stereocenters. The van der Waals surface area contributed by atoms with Crippen molar-refractivity contribution in [2.45, 2.75) is 37.2 Å². The molecule has 0 spiro atoms. The van der Waals surface area contributed by atoms with E-state index in [4.69, 9.17) is 9.47 Å². The van der Waals surface area contributed by atoms with Gasteiger partial charge in [0.05, 0.1) is 24.8 Å². The van der Waals surface area contributed by atoms with Crippen LogP contribution < -0.4 is 13.8 Å². The van der Waals surface area contributed by atoms with Crippen molar-refractivity contribution in [2.24, 2.45) is 0 Å². The maximum atomic E-state index is 13.7. The van der Waals surface area contributed by atoms with E-state index in [1.807, 2.05) is 55.5 Å². The highest BCUT2D eigenvalue weighted by Crippen LogP contribution is 2.32. The van der Waals surface area contributed by atoms with Crippen molar-refractivity contribution in [3.8, 4) is 11.5 Å². The molecule has 34 heavy (non-hydrogen) atoms. The number of rotatable bonds is 8. The van der Waals surface area contributed by atoms with Crippen molar-refractivity contribution >= 4 is 15.7 Å². The number of aryl methyl sites for hydroxylation is 1. The molecule has 0 aliphatic carbocycles. The zero-order valence-corrected chi connectivity index (χ0v) is 20.8. The molecule has 0 unspecified atom stereocenters. The molecule has 0 N–H and O–H groups in total. The summed E-state index contributed by atoms with van der Waals surface area (Å²) < 4.78 is 39.9. The van der Waals surface area contributed by atoms with E-state index in [0.717, 1.165) is 60.8 Å². The standard InChI is InChI=1S/C27H32N2O4S/c1-21-8-7-9-24(16-21)29(34(30,31)27-10-5-4-6-11-27)23-12-14-28(15-13-23)20-22-17-25(32-2)19-26(18-22)33-3/h4-11,16-19,23H,12-15,20H2,1-3H3. The molecule has 1 aliphatic heterocycles. The maximum Gasteiger partial charge on any atom is 0.264 e. The fourth-order valence-corrected chi connectivity index (χ4v) is 6.27. The molecule has 180 valence electrons. The average molecular weight is 481 g/mol. The van der Waals surface area contributed by atoms with E-state index >= 15 is 0 Å². The number of anilines is 1. The summed E-state index contributed by atoms with van der Waals surface area (Å²) in [4.78, 5) is 2.68. The Balaban J connectivity index is 1.55. The lowest BCUT2D eigenvalue weighted by atomic mass is 10.0. The van der Waals surface area contributed by atoms with E-state index in [1.165, 1.54) is 0 Å². The summed E-state index contributed by atoms with van der Waals surface area (Å²) in [6.45, 7) is 4.35. The molecule has 0 amide bonds. The van der Waals surface area contributed by atoms with E-state index < -0.39 is 10.0 Å². The summed E-state index contributed by atoms with van der Waals surface area (Å²) in [6.07, 6.45) is 1.50. The van der Waals surface area contributed by atoms with Crippen LogP contribution in [0.2, 0.25) is 0 Å². The monoisotopic (exact) mass is 480 g/mol. The van der Waals surface area contributed by atoms with Gasteiger partial charge in [-0.1, -0.05) is 30.3 Å². The highest BCUT2D eigenvalue weighted by atomic mass is 32.2. The summed E-state index contributed by atoms with van der Waals surface area (Å²) in [6, 6.07) is 22.3. The lowest BCUT2D eigenvalue weighted by Gasteiger charge is -2.39. The molecule has 0 bridgehead atoms. The van der Waals surface area contributed by atoms with Crippen molar-refractivity contribution in [1.29, 1.82) is 0 Å². The molecular formula is C27H32N2O4S. The molecule has 0 saturated carbocycles. The van der Waals surface area contributed by atoms with Crippen molar-refractivity contribution in [3.63, 3.8) is 0 Å². The minimum Gasteiger partial charge on any atom is -0.497 e. The van der Waals surface area contributed by atoms with Gasteiger partial charge in [0.1, 0.15) is 11.5 Å². The molecular weight excluding hydrogens is 448 g/mol. The summed E-state index contributed by atoms with van der Waals surface area (Å²) >= 11 is 0. The normalized spacial score (nSPS) is 15.1. The van der Waals surface area contributed by atoms with Gasteiger partial charge in [-0.05, 0) is 67.3 Å². The van der Waals surface area contributed by atoms with Gasteiger partial charge < -0.3 is 9.47 Å². The predicted molar refractivity (Wildman–Crippen MR) is 135 cm³/mol. The van der Waals surface area contributed by atoms with Crippen LogP contribution >= 0.6 is 0 Å². The van der Waals surface area contributed by atoms with Crippen LogP contribution in [0.5, 0.6) is 11.5 Å². The largest absolute Gasteiger partial charge is 0.497 e. The van der Waals surface area contributed by atoms with E-state index in [2.05, 4.69) is 4.90 Å². The van der Waals surface area contributed by atoms with Crippen LogP contribution in [0.25, 0.3) is 0 Å². The number of likely N-dealkylation sites (tertiary alicyclic amines) is 1. The smallest absolute Gasteiger partial charge is 0.264 e. The van der Waals surface area contributed by atoms with Crippen LogP contribution in [0.4, 0.5) is 5.69 Å². The van der Waals surface area contributed by atoms with Gasteiger partial charge >= 0.3 is 0 Å². The summed E-state index contributed by atoms with van der Waals surface area (Å²) in [5, 5.41) is 0. The third-order valence-corrected chi connectivity index (χ3v) is 8.16. The minimum absolute atomic E-state index is 0.108. The molecule has 1 aliphatic rings. The first-order chi connectivity index (χ1) is 16.4. The Morgan fingerprint density at radius 1 is 0.882 bits per heavy atom. The second kappa shape index (κ2) is 10.5. The molecule has 1 heterocycles. The average Bonchev–Trinajstić information content (AvgIpc) is 2.85. The molecule has 0 aromatic heterocycles. The highest BCUT2D eigenvalue weighted by Gasteiger charge is 2.34. The predicted octanol–water partition coefficient (Wildman–Crippen LogP) is 4.87. The molecule has 3 aromatic rings. The Bertz CT molecular complexity index is 1180. The van der Waals surface area contributed by atoms with Crippen LogP contribution in [0.1, 0.15) is 24.0 Å². The first kappa shape index (κ1) is 24.1. The fourth-order valence-electron chi connectivity index (χ4n) is 4.54. The number of ether oxygens (including phenoxy) is 2. The number of hydrogen-bond donors (Lipinski definition) is 0. The maximum absolute atomic E-state index is 13.7. The van der Waals surface area contributed by atoms with Gasteiger partial charge in [-0.15, -0.1) is 0 Å². The summed E-state index contributed by atoms with van der Waals surface area (Å²) in [7, 11) is -0.383. The second-order valence-electron chi connectivity index (χ2n) is 8.68. The van der Waals surface area contributed by atoms with Gasteiger partial charge in [-0.3, -0.25) is 9.21 Å². The molecule has 6 nitrogen and oxygen atoms in total. The third-order valence-electron chi connectivity index (χ3n) is 6.26. The summed E-state index contributed by atoms with van der Waals surface area (Å²) in [5.41, 5.74) is 2.87. The molecule has 1 saturated heterocycles. The number of hydrogen-bond acceptors (Lipinski definition) is 5. The van der Waals surface area contributed by atoms with Crippen LogP contribution in [0, 0.1) is 6.92 Å². The molecule has 0 radical (unpaired) electrons. The quantitative estimate of drug-likeness (QED) is 0.460. The summed E-state index contributed by atoms with van der Waals surface area (Å²) in [5.74, 6) is 1.53. The molecule has 1 fully saturated rings. The van der Waals surface area contributed by atoms with Crippen molar-refractivity contribution in [1.82, 2.24) is 4.90 Å². The van der Waals surface area contributed by atoms with Gasteiger partial charge in [0, 0.05) is 31.7 Å². The molecule has 7 heteroatoms. The van der Waals surface area contributed by atoms with Crippen molar-refractivity contribution < 1.29 is 17.9 Å². The Labute approximate surface area is 202 Å². The Morgan fingerprint density at radius 2 is 1.53 bits per heavy atom. The fraction of sp³-hybridized carbons (Fsp3) is 0.333. The minimum atomic E-state index is -3.68. The van der Waals surface area contributed by atoms with E-state index in [9.17, 15) is 8.42 Å². The number of sulfonamides is 1. The lowest BCUT2D eigenvalue weighted by Crippen LogP contribution is -2.47. The second-order valence-corrected chi connectivity index (χ2v) is 10.5. The van der Waals surface area contributed by atoms with Crippen LogP contribution in [-0.2, 0) is 16.6 Å². The van der Waals surface area contributed by atoms with Gasteiger partial charge in [0.15, 0.2) is 0 Å². The van der Waals surface area contributed by atoms with Crippen molar-refractivity contribution in [3.05, 3.63) is 83.9 Å². The van der Waals surface area contributed by atoms with E-state index in [0.29, 0.717) is 4.90 Å². The number of piperidine rings is 1. The first-order valence-corrected chi connectivity index (χ1v) is 12.9.